The Morgan fingerprint density at radius 2 is 2.00 bits per heavy atom. The average molecular weight is 183 g/mol. The Morgan fingerprint density at radius 1 is 1.46 bits per heavy atom. The molecule has 1 aliphatic rings. The van der Waals surface area contributed by atoms with Crippen molar-refractivity contribution >= 4 is 5.96 Å². The molecule has 0 aromatic carbocycles. The first kappa shape index (κ1) is 10.4. The molecule has 0 radical (unpaired) electrons. The first-order valence-electron chi connectivity index (χ1n) is 5.25. The molecule has 0 bridgehead atoms. The largest absolute Gasteiger partial charge is 0.370 e. The third kappa shape index (κ3) is 2.90. The summed E-state index contributed by atoms with van der Waals surface area (Å²) in [7, 11) is 2.04. The molecule has 76 valence electrons. The molecule has 1 rings (SSSR count). The highest BCUT2D eigenvalue weighted by atomic mass is 15.3. The summed E-state index contributed by atoms with van der Waals surface area (Å²) in [5.74, 6) is 0.719. The van der Waals surface area contributed by atoms with Gasteiger partial charge in [-0.15, -0.1) is 0 Å². The summed E-state index contributed by atoms with van der Waals surface area (Å²) in [6.45, 7) is 4.38. The molecule has 0 amide bonds. The van der Waals surface area contributed by atoms with E-state index >= 15 is 0 Å². The van der Waals surface area contributed by atoms with Gasteiger partial charge in [0.15, 0.2) is 5.96 Å². The highest BCUT2D eigenvalue weighted by Crippen LogP contribution is 2.23. The summed E-state index contributed by atoms with van der Waals surface area (Å²) in [6.07, 6.45) is 4.71. The van der Waals surface area contributed by atoms with E-state index in [1.807, 2.05) is 7.05 Å². The Kier molecular flexibility index (Phi) is 3.58. The van der Waals surface area contributed by atoms with Crippen LogP contribution in [0.3, 0.4) is 0 Å². The number of aliphatic imine (C=N–C) groups is 1. The van der Waals surface area contributed by atoms with Crippen LogP contribution in [-0.4, -0.2) is 30.0 Å². The van der Waals surface area contributed by atoms with Crippen LogP contribution < -0.4 is 5.73 Å². The van der Waals surface area contributed by atoms with Crippen LogP contribution in [0.1, 0.15) is 39.5 Å². The van der Waals surface area contributed by atoms with E-state index in [0.29, 0.717) is 12.1 Å². The van der Waals surface area contributed by atoms with Crippen LogP contribution in [0.4, 0.5) is 0 Å². The van der Waals surface area contributed by atoms with E-state index < -0.39 is 0 Å². The Bertz CT molecular complexity index is 181. The molecule has 0 heterocycles. The Morgan fingerprint density at radius 3 is 2.38 bits per heavy atom. The Labute approximate surface area is 81.0 Å². The average Bonchev–Trinajstić information content (AvgIpc) is 2.90. The van der Waals surface area contributed by atoms with Gasteiger partial charge >= 0.3 is 0 Å². The van der Waals surface area contributed by atoms with Gasteiger partial charge in [0.05, 0.1) is 6.04 Å². The van der Waals surface area contributed by atoms with E-state index in [1.165, 1.54) is 12.8 Å². The van der Waals surface area contributed by atoms with Gasteiger partial charge < -0.3 is 10.6 Å². The number of nitrogens with zero attached hydrogens (tertiary/aromatic N) is 2. The van der Waals surface area contributed by atoms with E-state index in [1.54, 1.807) is 0 Å². The molecule has 3 heteroatoms. The lowest BCUT2D eigenvalue weighted by Crippen LogP contribution is -2.41. The summed E-state index contributed by atoms with van der Waals surface area (Å²) < 4.78 is 0. The van der Waals surface area contributed by atoms with E-state index in [-0.39, 0.29) is 0 Å². The standard InChI is InChI=1S/C10H21N3/c1-4-9(5-2)13(3)10(11)12-8-6-7-8/h8-9H,4-7H2,1-3H3,(H2,11,12). The maximum atomic E-state index is 5.89. The summed E-state index contributed by atoms with van der Waals surface area (Å²) in [5.41, 5.74) is 5.89. The van der Waals surface area contributed by atoms with Gasteiger partial charge in [0.25, 0.3) is 0 Å². The van der Waals surface area contributed by atoms with Crippen molar-refractivity contribution in [1.29, 1.82) is 0 Å². The van der Waals surface area contributed by atoms with Crippen LogP contribution in [0.25, 0.3) is 0 Å². The first-order chi connectivity index (χ1) is 6.19. The van der Waals surface area contributed by atoms with E-state index in [0.717, 1.165) is 18.8 Å². The molecule has 1 aliphatic carbocycles. The molecule has 1 fully saturated rings. The van der Waals surface area contributed by atoms with Crippen molar-refractivity contribution in [3.05, 3.63) is 0 Å². The van der Waals surface area contributed by atoms with E-state index in [4.69, 9.17) is 5.73 Å². The lowest BCUT2D eigenvalue weighted by molar-refractivity contribution is 0.341. The lowest BCUT2D eigenvalue weighted by atomic mass is 10.1. The predicted octanol–water partition coefficient (Wildman–Crippen LogP) is 1.58. The molecule has 0 unspecified atom stereocenters. The lowest BCUT2D eigenvalue weighted by Gasteiger charge is -2.27. The van der Waals surface area contributed by atoms with Crippen molar-refractivity contribution in [1.82, 2.24) is 4.90 Å². The van der Waals surface area contributed by atoms with Crippen molar-refractivity contribution < 1.29 is 0 Å². The SMILES string of the molecule is CCC(CC)N(C)C(N)=NC1CC1. The maximum absolute atomic E-state index is 5.89. The summed E-state index contributed by atoms with van der Waals surface area (Å²) in [4.78, 5) is 6.54. The second-order valence-electron chi connectivity index (χ2n) is 3.80. The van der Waals surface area contributed by atoms with Crippen LogP contribution in [0.2, 0.25) is 0 Å². The fourth-order valence-corrected chi connectivity index (χ4v) is 1.51. The fraction of sp³-hybridized carbons (Fsp3) is 0.900. The normalized spacial score (nSPS) is 18.0. The molecule has 0 aromatic rings. The molecule has 3 nitrogen and oxygen atoms in total. The molecule has 0 atom stereocenters. The van der Waals surface area contributed by atoms with Gasteiger partial charge in [-0.1, -0.05) is 13.8 Å². The number of hydrogen-bond acceptors (Lipinski definition) is 1. The van der Waals surface area contributed by atoms with Crippen molar-refractivity contribution in [2.24, 2.45) is 10.7 Å². The minimum atomic E-state index is 0.525. The Balaban J connectivity index is 2.47. The van der Waals surface area contributed by atoms with Gasteiger partial charge in [0.1, 0.15) is 0 Å². The van der Waals surface area contributed by atoms with Crippen molar-refractivity contribution in [2.75, 3.05) is 7.05 Å². The summed E-state index contributed by atoms with van der Waals surface area (Å²) in [5, 5.41) is 0. The van der Waals surface area contributed by atoms with E-state index in [9.17, 15) is 0 Å². The second-order valence-corrected chi connectivity index (χ2v) is 3.80. The third-order valence-electron chi connectivity index (χ3n) is 2.71. The maximum Gasteiger partial charge on any atom is 0.191 e. The smallest absolute Gasteiger partial charge is 0.191 e. The quantitative estimate of drug-likeness (QED) is 0.531. The van der Waals surface area contributed by atoms with Gasteiger partial charge in [-0.25, -0.2) is 4.99 Å². The first-order valence-corrected chi connectivity index (χ1v) is 5.25. The van der Waals surface area contributed by atoms with Gasteiger partial charge in [-0.2, -0.15) is 0 Å². The van der Waals surface area contributed by atoms with Crippen LogP contribution in [0.15, 0.2) is 4.99 Å². The monoisotopic (exact) mass is 183 g/mol. The number of nitrogens with two attached hydrogens (primary N) is 1. The molecular weight excluding hydrogens is 162 g/mol. The zero-order valence-electron chi connectivity index (χ0n) is 8.95. The predicted molar refractivity (Wildman–Crippen MR) is 56.8 cm³/mol. The minimum Gasteiger partial charge on any atom is -0.370 e. The molecule has 1 saturated carbocycles. The zero-order valence-corrected chi connectivity index (χ0v) is 8.95. The third-order valence-corrected chi connectivity index (χ3v) is 2.71. The van der Waals surface area contributed by atoms with Crippen LogP contribution in [0, 0.1) is 0 Å². The van der Waals surface area contributed by atoms with Crippen molar-refractivity contribution in [3.63, 3.8) is 0 Å². The molecule has 2 N–H and O–H groups in total. The highest BCUT2D eigenvalue weighted by molar-refractivity contribution is 5.78. The number of guanidine groups is 1. The summed E-state index contributed by atoms with van der Waals surface area (Å²) >= 11 is 0. The zero-order chi connectivity index (χ0) is 9.84. The molecular formula is C10H21N3. The fourth-order valence-electron chi connectivity index (χ4n) is 1.51. The topological polar surface area (TPSA) is 41.6 Å². The second kappa shape index (κ2) is 4.49. The van der Waals surface area contributed by atoms with Gasteiger partial charge in [0, 0.05) is 13.1 Å². The molecule has 0 aliphatic heterocycles. The van der Waals surface area contributed by atoms with E-state index in [2.05, 4.69) is 23.7 Å². The van der Waals surface area contributed by atoms with Crippen LogP contribution in [-0.2, 0) is 0 Å². The Hall–Kier alpha value is -0.730. The summed E-state index contributed by atoms with van der Waals surface area (Å²) in [6, 6.07) is 1.07. The number of rotatable bonds is 4. The van der Waals surface area contributed by atoms with Crippen molar-refractivity contribution in [2.45, 2.75) is 51.6 Å². The molecule has 13 heavy (non-hydrogen) atoms. The van der Waals surface area contributed by atoms with Gasteiger partial charge in [0.2, 0.25) is 0 Å². The molecule has 0 saturated heterocycles. The van der Waals surface area contributed by atoms with Crippen molar-refractivity contribution in [3.8, 4) is 0 Å². The number of hydrogen-bond donors (Lipinski definition) is 1. The molecule has 0 spiro atoms. The van der Waals surface area contributed by atoms with Gasteiger partial charge in [-0.05, 0) is 25.7 Å². The molecule has 0 aromatic heterocycles. The van der Waals surface area contributed by atoms with Crippen LogP contribution in [0.5, 0.6) is 0 Å². The van der Waals surface area contributed by atoms with Crippen LogP contribution >= 0.6 is 0 Å². The highest BCUT2D eigenvalue weighted by Gasteiger charge is 2.22. The van der Waals surface area contributed by atoms with Gasteiger partial charge in [-0.3, -0.25) is 0 Å². The minimum absolute atomic E-state index is 0.525.